The van der Waals surface area contributed by atoms with Gasteiger partial charge in [0, 0.05) is 5.56 Å². The van der Waals surface area contributed by atoms with Gasteiger partial charge in [0.2, 0.25) is 0 Å². The fraction of sp³-hybridized carbons (Fsp3) is 0.167. The Morgan fingerprint density at radius 2 is 1.79 bits per heavy atom. The maximum atomic E-state index is 11.9. The number of amides is 1. The molecule has 24 heavy (non-hydrogen) atoms. The van der Waals surface area contributed by atoms with Gasteiger partial charge in [-0.15, -0.1) is 0 Å². The number of rotatable bonds is 7. The summed E-state index contributed by atoms with van der Waals surface area (Å²) in [5.74, 6) is -0.565. The monoisotopic (exact) mass is 327 g/mol. The molecular formula is C18H17NO5. The van der Waals surface area contributed by atoms with E-state index in [2.05, 4.69) is 5.32 Å². The fourth-order valence-corrected chi connectivity index (χ4v) is 1.95. The van der Waals surface area contributed by atoms with E-state index >= 15 is 0 Å². The molecule has 0 aliphatic rings. The number of aldehydes is 1. The van der Waals surface area contributed by atoms with Crippen molar-refractivity contribution in [2.45, 2.75) is 6.92 Å². The van der Waals surface area contributed by atoms with Crippen molar-refractivity contribution in [3.8, 4) is 5.75 Å². The Balaban J connectivity index is 1.90. The smallest absolute Gasteiger partial charge is 0.338 e. The minimum absolute atomic E-state index is 0.267. The van der Waals surface area contributed by atoms with Crippen LogP contribution in [0, 0.1) is 0 Å². The van der Waals surface area contributed by atoms with Crippen LogP contribution in [0.4, 0.5) is 5.69 Å². The molecule has 0 atom stereocenters. The predicted octanol–water partition coefficient (Wildman–Crippen LogP) is 2.69. The Labute approximate surface area is 139 Å². The Morgan fingerprint density at radius 1 is 1.08 bits per heavy atom. The maximum absolute atomic E-state index is 11.9. The van der Waals surface area contributed by atoms with Gasteiger partial charge in [0.15, 0.2) is 6.61 Å². The first-order chi connectivity index (χ1) is 11.6. The number of carbonyl (C=O) groups excluding carboxylic acids is 3. The number of hydrogen-bond donors (Lipinski definition) is 1. The van der Waals surface area contributed by atoms with Crippen molar-refractivity contribution < 1.29 is 23.9 Å². The van der Waals surface area contributed by atoms with Gasteiger partial charge >= 0.3 is 5.97 Å². The van der Waals surface area contributed by atoms with Crippen molar-refractivity contribution in [1.82, 2.24) is 0 Å². The van der Waals surface area contributed by atoms with Crippen molar-refractivity contribution in [2.75, 3.05) is 18.5 Å². The molecule has 6 heteroatoms. The molecule has 0 aromatic heterocycles. The molecule has 0 bridgehead atoms. The first kappa shape index (κ1) is 17.2. The first-order valence-corrected chi connectivity index (χ1v) is 7.38. The quantitative estimate of drug-likeness (QED) is 0.624. The number of para-hydroxylation sites is 2. The van der Waals surface area contributed by atoms with Crippen LogP contribution in [-0.4, -0.2) is 31.4 Å². The van der Waals surface area contributed by atoms with Crippen molar-refractivity contribution >= 4 is 23.9 Å². The van der Waals surface area contributed by atoms with E-state index in [1.165, 1.54) is 24.3 Å². The number of benzene rings is 2. The highest BCUT2D eigenvalue weighted by molar-refractivity contribution is 5.96. The van der Waals surface area contributed by atoms with Crippen LogP contribution in [0.15, 0.2) is 48.5 Å². The third kappa shape index (κ3) is 4.67. The molecule has 2 rings (SSSR count). The van der Waals surface area contributed by atoms with Gasteiger partial charge in [-0.05, 0) is 31.2 Å². The second-order valence-electron chi connectivity index (χ2n) is 4.79. The van der Waals surface area contributed by atoms with Crippen LogP contribution in [0.25, 0.3) is 0 Å². The Hall–Kier alpha value is -3.15. The summed E-state index contributed by atoms with van der Waals surface area (Å²) in [5.41, 5.74) is 1.23. The highest BCUT2D eigenvalue weighted by Gasteiger charge is 2.12. The van der Waals surface area contributed by atoms with Crippen LogP contribution in [0.1, 0.15) is 27.6 Å². The predicted molar refractivity (Wildman–Crippen MR) is 88.4 cm³/mol. The average Bonchev–Trinajstić information content (AvgIpc) is 2.61. The fourth-order valence-electron chi connectivity index (χ4n) is 1.95. The summed E-state index contributed by atoms with van der Waals surface area (Å²) in [6, 6.07) is 12.9. The van der Waals surface area contributed by atoms with Gasteiger partial charge in [-0.1, -0.05) is 24.3 Å². The van der Waals surface area contributed by atoms with Gasteiger partial charge in [-0.3, -0.25) is 9.59 Å². The lowest BCUT2D eigenvalue weighted by molar-refractivity contribution is -0.119. The molecular weight excluding hydrogens is 310 g/mol. The summed E-state index contributed by atoms with van der Waals surface area (Å²) < 4.78 is 10.4. The number of nitrogens with one attached hydrogen (secondary N) is 1. The standard InChI is InChI=1S/C18H17NO5/c1-2-23-16-6-4-3-5-15(16)19-17(21)12-24-18(22)14-9-7-13(11-20)8-10-14/h3-11H,2,12H2,1H3,(H,19,21). The third-order valence-corrected chi connectivity index (χ3v) is 3.08. The minimum atomic E-state index is -0.638. The lowest BCUT2D eigenvalue weighted by atomic mass is 10.1. The Bertz CT molecular complexity index is 724. The molecule has 124 valence electrons. The Kier molecular flexibility index (Phi) is 6.08. The molecule has 0 spiro atoms. The van der Waals surface area contributed by atoms with E-state index in [9.17, 15) is 14.4 Å². The van der Waals surface area contributed by atoms with Gasteiger partial charge in [-0.25, -0.2) is 4.79 Å². The summed E-state index contributed by atoms with van der Waals surface area (Å²) >= 11 is 0. The highest BCUT2D eigenvalue weighted by Crippen LogP contribution is 2.23. The zero-order chi connectivity index (χ0) is 17.4. The van der Waals surface area contributed by atoms with E-state index in [1.54, 1.807) is 24.3 Å². The van der Waals surface area contributed by atoms with Gasteiger partial charge in [-0.2, -0.15) is 0 Å². The zero-order valence-electron chi connectivity index (χ0n) is 13.2. The number of carbonyl (C=O) groups is 3. The molecule has 0 unspecified atom stereocenters. The molecule has 0 saturated heterocycles. The summed E-state index contributed by atoms with van der Waals surface area (Å²) in [5, 5.41) is 2.63. The van der Waals surface area contributed by atoms with Crippen LogP contribution >= 0.6 is 0 Å². The molecule has 1 amide bonds. The summed E-state index contributed by atoms with van der Waals surface area (Å²) in [4.78, 5) is 34.3. The number of hydrogen-bond acceptors (Lipinski definition) is 5. The van der Waals surface area contributed by atoms with E-state index in [0.717, 1.165) is 0 Å². The van der Waals surface area contributed by atoms with Crippen molar-refractivity contribution in [2.24, 2.45) is 0 Å². The third-order valence-electron chi connectivity index (χ3n) is 3.08. The summed E-state index contributed by atoms with van der Waals surface area (Å²) in [7, 11) is 0. The minimum Gasteiger partial charge on any atom is -0.492 e. The first-order valence-electron chi connectivity index (χ1n) is 7.38. The highest BCUT2D eigenvalue weighted by atomic mass is 16.5. The molecule has 0 aliphatic carbocycles. The van der Waals surface area contributed by atoms with Crippen LogP contribution in [0.2, 0.25) is 0 Å². The summed E-state index contributed by atoms with van der Waals surface area (Å²) in [6.45, 7) is 1.89. The molecule has 0 radical (unpaired) electrons. The molecule has 2 aromatic carbocycles. The molecule has 0 heterocycles. The Morgan fingerprint density at radius 3 is 2.46 bits per heavy atom. The van der Waals surface area contributed by atoms with Crippen molar-refractivity contribution in [1.29, 1.82) is 0 Å². The van der Waals surface area contributed by atoms with Gasteiger partial charge < -0.3 is 14.8 Å². The van der Waals surface area contributed by atoms with Crippen LogP contribution < -0.4 is 10.1 Å². The second-order valence-corrected chi connectivity index (χ2v) is 4.79. The second kappa shape index (κ2) is 8.47. The lowest BCUT2D eigenvalue weighted by Gasteiger charge is -2.11. The van der Waals surface area contributed by atoms with E-state index in [0.29, 0.717) is 29.9 Å². The molecule has 2 aromatic rings. The van der Waals surface area contributed by atoms with Gasteiger partial charge in [0.05, 0.1) is 17.9 Å². The molecule has 1 N–H and O–H groups in total. The summed E-state index contributed by atoms with van der Waals surface area (Å²) in [6.07, 6.45) is 0.679. The van der Waals surface area contributed by atoms with E-state index in [-0.39, 0.29) is 5.56 Å². The van der Waals surface area contributed by atoms with Gasteiger partial charge in [0.25, 0.3) is 5.91 Å². The molecule has 0 fully saturated rings. The van der Waals surface area contributed by atoms with Crippen molar-refractivity contribution in [3.05, 3.63) is 59.7 Å². The van der Waals surface area contributed by atoms with E-state index < -0.39 is 18.5 Å². The van der Waals surface area contributed by atoms with Crippen LogP contribution in [-0.2, 0) is 9.53 Å². The number of ether oxygens (including phenoxy) is 2. The number of esters is 1. The SMILES string of the molecule is CCOc1ccccc1NC(=O)COC(=O)c1ccc(C=O)cc1. The lowest BCUT2D eigenvalue weighted by Crippen LogP contribution is -2.21. The number of anilines is 1. The molecule has 0 saturated carbocycles. The van der Waals surface area contributed by atoms with E-state index in [1.807, 2.05) is 6.92 Å². The maximum Gasteiger partial charge on any atom is 0.338 e. The molecule has 0 aliphatic heterocycles. The van der Waals surface area contributed by atoms with Crippen LogP contribution in [0.5, 0.6) is 5.75 Å². The topological polar surface area (TPSA) is 81.7 Å². The largest absolute Gasteiger partial charge is 0.492 e. The zero-order valence-corrected chi connectivity index (χ0v) is 13.2. The molecule has 6 nitrogen and oxygen atoms in total. The van der Waals surface area contributed by atoms with Crippen LogP contribution in [0.3, 0.4) is 0 Å². The van der Waals surface area contributed by atoms with Gasteiger partial charge in [0.1, 0.15) is 12.0 Å². The normalized spacial score (nSPS) is 9.88. The van der Waals surface area contributed by atoms with E-state index in [4.69, 9.17) is 9.47 Å². The average molecular weight is 327 g/mol. The van der Waals surface area contributed by atoms with Crippen molar-refractivity contribution in [3.63, 3.8) is 0 Å².